The van der Waals surface area contributed by atoms with Crippen LogP contribution in [-0.2, 0) is 0 Å². The fourth-order valence-corrected chi connectivity index (χ4v) is 4.43. The maximum atomic E-state index is 13.4. The topological polar surface area (TPSA) is 51.7 Å². The Morgan fingerprint density at radius 1 is 1.14 bits per heavy atom. The number of aryl methyl sites for hydroxylation is 1. The summed E-state index contributed by atoms with van der Waals surface area (Å²) in [5.41, 5.74) is 1.46. The number of hydroxylamine groups is 2. The Balaban J connectivity index is 1.72. The summed E-state index contributed by atoms with van der Waals surface area (Å²) in [5, 5.41) is 3.25. The zero-order valence-corrected chi connectivity index (χ0v) is 17.5. The minimum atomic E-state index is -0.125. The second kappa shape index (κ2) is 8.09. The highest BCUT2D eigenvalue weighted by Gasteiger charge is 2.24. The molecule has 5 nitrogen and oxygen atoms in total. The number of pyridine rings is 1. The van der Waals surface area contributed by atoms with Crippen LogP contribution in [0.25, 0.3) is 21.0 Å². The predicted octanol–water partition coefficient (Wildman–Crippen LogP) is 5.61. The molecule has 0 unspecified atom stereocenters. The number of methoxy groups -OCH3 is 1. The van der Waals surface area contributed by atoms with E-state index in [1.165, 1.54) is 5.06 Å². The number of benzene rings is 2. The quantitative estimate of drug-likeness (QED) is 0.390. The first kappa shape index (κ1) is 19.2. The van der Waals surface area contributed by atoms with Crippen LogP contribution < -0.4 is 9.57 Å². The van der Waals surface area contributed by atoms with Gasteiger partial charge in [-0.25, -0.2) is 0 Å². The molecule has 4 rings (SSSR count). The molecular formula is C23H22N2O3S. The number of amides is 1. The second-order valence-electron chi connectivity index (χ2n) is 6.72. The van der Waals surface area contributed by atoms with Crippen molar-refractivity contribution in [1.82, 2.24) is 10.0 Å². The van der Waals surface area contributed by atoms with Gasteiger partial charge in [-0.1, -0.05) is 25.1 Å². The number of rotatable bonds is 6. The molecule has 0 bridgehead atoms. The van der Waals surface area contributed by atoms with E-state index >= 15 is 0 Å². The summed E-state index contributed by atoms with van der Waals surface area (Å²) in [5.74, 6) is 1.20. The highest BCUT2D eigenvalue weighted by Crippen LogP contribution is 2.33. The third-order valence-corrected chi connectivity index (χ3v) is 5.84. The molecule has 0 aliphatic heterocycles. The van der Waals surface area contributed by atoms with Crippen molar-refractivity contribution < 1.29 is 14.4 Å². The lowest BCUT2D eigenvalue weighted by Crippen LogP contribution is -2.35. The molecule has 0 saturated heterocycles. The first-order valence-electron chi connectivity index (χ1n) is 9.53. The van der Waals surface area contributed by atoms with Gasteiger partial charge in [0, 0.05) is 38.7 Å². The molecule has 0 radical (unpaired) electrons. The molecule has 1 amide bonds. The number of hydrogen-bond donors (Lipinski definition) is 0. The number of aromatic nitrogens is 1. The minimum Gasteiger partial charge on any atom is -0.497 e. The summed E-state index contributed by atoms with van der Waals surface area (Å²) in [6.07, 6.45) is 2.46. The van der Waals surface area contributed by atoms with Gasteiger partial charge in [0.25, 0.3) is 5.91 Å². The van der Waals surface area contributed by atoms with Gasteiger partial charge >= 0.3 is 0 Å². The fourth-order valence-electron chi connectivity index (χ4n) is 3.38. The van der Waals surface area contributed by atoms with Crippen molar-refractivity contribution in [3.8, 4) is 11.5 Å². The van der Waals surface area contributed by atoms with Crippen LogP contribution in [-0.4, -0.2) is 29.6 Å². The zero-order valence-electron chi connectivity index (χ0n) is 16.6. The number of ether oxygens (including phenoxy) is 1. The molecule has 148 valence electrons. The molecule has 0 saturated carbocycles. The first-order chi connectivity index (χ1) is 14.1. The predicted molar refractivity (Wildman–Crippen MR) is 117 cm³/mol. The summed E-state index contributed by atoms with van der Waals surface area (Å²) in [6.45, 7) is 4.50. The fraction of sp³-hybridized carbons (Fsp3) is 0.217. The molecular weight excluding hydrogens is 384 g/mol. The normalized spacial score (nSPS) is 11.0. The summed E-state index contributed by atoms with van der Waals surface area (Å²) < 4.78 is 6.38. The monoisotopic (exact) mass is 406 g/mol. The van der Waals surface area contributed by atoms with E-state index < -0.39 is 0 Å². The summed E-state index contributed by atoms with van der Waals surface area (Å²) in [7, 11) is 1.62. The number of nitrogens with zero attached hydrogens (tertiary/aromatic N) is 2. The SMILES string of the molecule is CCCN(Oc1ccnc2cc(OC)ccc12)C(=O)c1c(C)sc2ccccc12. The first-order valence-corrected chi connectivity index (χ1v) is 10.3. The van der Waals surface area contributed by atoms with E-state index in [1.807, 2.05) is 56.3 Å². The molecule has 0 atom stereocenters. The van der Waals surface area contributed by atoms with Crippen LogP contribution in [0.5, 0.6) is 11.5 Å². The summed E-state index contributed by atoms with van der Waals surface area (Å²) in [6, 6.07) is 15.4. The Hall–Kier alpha value is -3.12. The van der Waals surface area contributed by atoms with Gasteiger partial charge in [-0.3, -0.25) is 9.78 Å². The van der Waals surface area contributed by atoms with Gasteiger partial charge in [0.2, 0.25) is 0 Å². The van der Waals surface area contributed by atoms with Crippen molar-refractivity contribution in [2.24, 2.45) is 0 Å². The number of fused-ring (bicyclic) bond motifs is 2. The largest absolute Gasteiger partial charge is 0.497 e. The van der Waals surface area contributed by atoms with Crippen LogP contribution in [0.4, 0.5) is 0 Å². The highest BCUT2D eigenvalue weighted by molar-refractivity contribution is 7.19. The molecule has 0 aliphatic carbocycles. The highest BCUT2D eigenvalue weighted by atomic mass is 32.1. The van der Waals surface area contributed by atoms with Crippen LogP contribution in [0, 0.1) is 6.92 Å². The van der Waals surface area contributed by atoms with E-state index in [9.17, 15) is 4.79 Å². The number of thiophene rings is 1. The lowest BCUT2D eigenvalue weighted by Gasteiger charge is -2.23. The van der Waals surface area contributed by atoms with E-state index in [4.69, 9.17) is 9.57 Å². The Morgan fingerprint density at radius 2 is 1.97 bits per heavy atom. The van der Waals surface area contributed by atoms with E-state index in [0.717, 1.165) is 38.0 Å². The van der Waals surface area contributed by atoms with Gasteiger partial charge in [-0.15, -0.1) is 11.3 Å². The molecule has 2 aromatic carbocycles. The van der Waals surface area contributed by atoms with Crippen molar-refractivity contribution in [1.29, 1.82) is 0 Å². The molecule has 2 heterocycles. The number of carbonyl (C=O) groups excluding carboxylic acids is 1. The Labute approximate surface area is 173 Å². The molecule has 29 heavy (non-hydrogen) atoms. The van der Waals surface area contributed by atoms with Crippen LogP contribution >= 0.6 is 11.3 Å². The lowest BCUT2D eigenvalue weighted by molar-refractivity contribution is -0.0316. The van der Waals surface area contributed by atoms with Gasteiger partial charge < -0.3 is 9.57 Å². The van der Waals surface area contributed by atoms with Gasteiger partial charge in [0.1, 0.15) is 5.75 Å². The van der Waals surface area contributed by atoms with Crippen molar-refractivity contribution in [2.75, 3.05) is 13.7 Å². The van der Waals surface area contributed by atoms with Crippen molar-refractivity contribution in [2.45, 2.75) is 20.3 Å². The maximum absolute atomic E-state index is 13.4. The van der Waals surface area contributed by atoms with Gasteiger partial charge in [0.05, 0.1) is 24.7 Å². The Bertz CT molecular complexity index is 1190. The molecule has 0 aliphatic rings. The van der Waals surface area contributed by atoms with Crippen molar-refractivity contribution >= 4 is 38.2 Å². The molecule has 0 fully saturated rings. The van der Waals surface area contributed by atoms with Crippen molar-refractivity contribution in [3.05, 3.63) is 65.2 Å². The number of carbonyl (C=O) groups is 1. The Morgan fingerprint density at radius 3 is 2.76 bits per heavy atom. The van der Waals surface area contributed by atoms with Crippen LogP contribution in [0.2, 0.25) is 0 Å². The van der Waals surface area contributed by atoms with Gasteiger partial charge in [-0.05, 0) is 31.5 Å². The molecule has 0 spiro atoms. The van der Waals surface area contributed by atoms with Crippen LogP contribution in [0.3, 0.4) is 0 Å². The zero-order chi connectivity index (χ0) is 20.4. The third kappa shape index (κ3) is 3.63. The van der Waals surface area contributed by atoms with Crippen LogP contribution in [0.15, 0.2) is 54.7 Å². The smallest absolute Gasteiger partial charge is 0.288 e. The number of hydrogen-bond acceptors (Lipinski definition) is 5. The molecule has 2 aromatic heterocycles. The standard InChI is InChI=1S/C23H22N2O3S/c1-4-13-25(23(26)22-15(2)29-21-8-6-5-7-18(21)22)28-20-11-12-24-19-14-16(27-3)9-10-17(19)20/h5-12,14H,4,13H2,1-3H3. The average molecular weight is 407 g/mol. The summed E-state index contributed by atoms with van der Waals surface area (Å²) >= 11 is 1.63. The van der Waals surface area contributed by atoms with E-state index in [1.54, 1.807) is 30.7 Å². The lowest BCUT2D eigenvalue weighted by atomic mass is 10.1. The van der Waals surface area contributed by atoms with Crippen LogP contribution in [0.1, 0.15) is 28.6 Å². The molecule has 4 aromatic rings. The Kier molecular flexibility index (Phi) is 5.36. The average Bonchev–Trinajstić information content (AvgIpc) is 3.08. The third-order valence-electron chi connectivity index (χ3n) is 4.76. The molecule has 0 N–H and O–H groups in total. The van der Waals surface area contributed by atoms with E-state index in [-0.39, 0.29) is 5.91 Å². The van der Waals surface area contributed by atoms with E-state index in [2.05, 4.69) is 4.98 Å². The van der Waals surface area contributed by atoms with Crippen molar-refractivity contribution in [3.63, 3.8) is 0 Å². The molecule has 6 heteroatoms. The van der Waals surface area contributed by atoms with Gasteiger partial charge in [0.15, 0.2) is 5.75 Å². The maximum Gasteiger partial charge on any atom is 0.288 e. The minimum absolute atomic E-state index is 0.125. The van der Waals surface area contributed by atoms with E-state index in [0.29, 0.717) is 17.9 Å². The second-order valence-corrected chi connectivity index (χ2v) is 7.98. The van der Waals surface area contributed by atoms with Gasteiger partial charge in [-0.2, -0.15) is 5.06 Å². The summed E-state index contributed by atoms with van der Waals surface area (Å²) in [4.78, 5) is 25.0.